The number of nitrogens with one attached hydrogen (secondary N) is 2. The highest BCUT2D eigenvalue weighted by molar-refractivity contribution is 7.89. The van der Waals surface area contributed by atoms with Gasteiger partial charge in [-0.2, -0.15) is 4.31 Å². The summed E-state index contributed by atoms with van der Waals surface area (Å²) >= 11 is 0. The summed E-state index contributed by atoms with van der Waals surface area (Å²) in [6.45, 7) is 2.53. The molecular weight excluding hydrogens is 421 g/mol. The van der Waals surface area contributed by atoms with E-state index in [1.807, 2.05) is 6.92 Å². The van der Waals surface area contributed by atoms with E-state index in [2.05, 4.69) is 10.6 Å². The van der Waals surface area contributed by atoms with Gasteiger partial charge in [-0.3, -0.25) is 9.59 Å². The van der Waals surface area contributed by atoms with E-state index >= 15 is 0 Å². The number of benzene rings is 2. The van der Waals surface area contributed by atoms with E-state index in [4.69, 9.17) is 0 Å². The Hall–Kier alpha value is -2.78. The zero-order chi connectivity index (χ0) is 22.4. The summed E-state index contributed by atoms with van der Waals surface area (Å²) in [6, 6.07) is 11.6. The van der Waals surface area contributed by atoms with E-state index < -0.39 is 21.9 Å². The van der Waals surface area contributed by atoms with E-state index in [1.165, 1.54) is 22.5 Å². The van der Waals surface area contributed by atoms with Crippen molar-refractivity contribution in [1.29, 1.82) is 0 Å². The van der Waals surface area contributed by atoms with Gasteiger partial charge >= 0.3 is 0 Å². The lowest BCUT2D eigenvalue weighted by molar-refractivity contribution is -0.124. The molecule has 0 saturated carbocycles. The second-order valence-corrected chi connectivity index (χ2v) is 9.43. The molecule has 1 aliphatic heterocycles. The first-order valence-electron chi connectivity index (χ1n) is 10.1. The fraction of sp³-hybridized carbons (Fsp3) is 0.364. The summed E-state index contributed by atoms with van der Waals surface area (Å²) in [5.41, 5.74) is 1.51. The molecule has 2 N–H and O–H groups in total. The molecule has 2 amide bonds. The van der Waals surface area contributed by atoms with Gasteiger partial charge in [0.15, 0.2) is 0 Å². The molecule has 9 heteroatoms. The molecule has 166 valence electrons. The summed E-state index contributed by atoms with van der Waals surface area (Å²) in [7, 11) is -3.76. The zero-order valence-corrected chi connectivity index (χ0v) is 18.1. The summed E-state index contributed by atoms with van der Waals surface area (Å²) in [4.78, 5) is 24.7. The van der Waals surface area contributed by atoms with Crippen molar-refractivity contribution in [2.75, 3.05) is 19.6 Å². The van der Waals surface area contributed by atoms with Crippen molar-refractivity contribution < 1.29 is 22.4 Å². The molecule has 0 aliphatic carbocycles. The Bertz CT molecular complexity index is 1040. The average Bonchev–Trinajstić information content (AvgIpc) is 3.22. The van der Waals surface area contributed by atoms with Crippen LogP contribution in [0, 0.1) is 12.7 Å². The van der Waals surface area contributed by atoms with Crippen LogP contribution in [-0.4, -0.2) is 50.2 Å². The molecule has 31 heavy (non-hydrogen) atoms. The molecule has 2 aromatic rings. The molecule has 0 bridgehead atoms. The number of aryl methyl sites for hydroxylation is 1. The van der Waals surface area contributed by atoms with E-state index in [0.717, 1.165) is 5.56 Å². The lowest BCUT2D eigenvalue weighted by atomic mass is 10.1. The van der Waals surface area contributed by atoms with Crippen LogP contribution in [-0.2, 0) is 26.0 Å². The Morgan fingerprint density at radius 3 is 2.52 bits per heavy atom. The lowest BCUT2D eigenvalue weighted by Crippen LogP contribution is -2.47. The topological polar surface area (TPSA) is 95.6 Å². The third-order valence-electron chi connectivity index (χ3n) is 5.13. The number of rotatable bonds is 8. The van der Waals surface area contributed by atoms with Gasteiger partial charge in [-0.15, -0.1) is 0 Å². The highest BCUT2D eigenvalue weighted by Gasteiger charge is 2.39. The molecule has 7 nitrogen and oxygen atoms in total. The van der Waals surface area contributed by atoms with E-state index in [1.54, 1.807) is 30.3 Å². The third-order valence-corrected chi connectivity index (χ3v) is 7.06. The minimum Gasteiger partial charge on any atom is -0.354 e. The summed E-state index contributed by atoms with van der Waals surface area (Å²) in [6.07, 6.45) is 1.09. The molecular formula is C22H26FN3O4S. The monoisotopic (exact) mass is 447 g/mol. The molecule has 1 aliphatic rings. The van der Waals surface area contributed by atoms with Crippen LogP contribution < -0.4 is 10.6 Å². The van der Waals surface area contributed by atoms with Crippen LogP contribution in [0.3, 0.4) is 0 Å². The van der Waals surface area contributed by atoms with Crippen LogP contribution >= 0.6 is 0 Å². The highest BCUT2D eigenvalue weighted by Crippen LogP contribution is 2.26. The van der Waals surface area contributed by atoms with Gasteiger partial charge in [0.1, 0.15) is 11.9 Å². The Morgan fingerprint density at radius 1 is 1.10 bits per heavy atom. The Labute approximate surface area is 181 Å². The number of hydrogen-bond acceptors (Lipinski definition) is 4. The number of carbonyl (C=O) groups excluding carboxylic acids is 2. The van der Waals surface area contributed by atoms with Crippen molar-refractivity contribution in [2.45, 2.75) is 37.1 Å². The maximum atomic E-state index is 13.2. The number of sulfonamides is 1. The van der Waals surface area contributed by atoms with Crippen molar-refractivity contribution in [1.82, 2.24) is 14.9 Å². The maximum Gasteiger partial charge on any atom is 0.243 e. The normalized spacial score (nSPS) is 16.8. The Balaban J connectivity index is 1.49. The molecule has 1 heterocycles. The number of amides is 2. The molecule has 1 saturated heterocycles. The summed E-state index contributed by atoms with van der Waals surface area (Å²) in [5.74, 6) is -1.07. The SMILES string of the molecule is Cc1ccc(S(=O)(=O)N2CCC[C@H]2C(=O)NCCNC(=O)Cc2cccc(F)c2)cc1. The van der Waals surface area contributed by atoms with Gasteiger partial charge in [0.2, 0.25) is 21.8 Å². The minimum absolute atomic E-state index is 0.0386. The molecule has 2 aromatic carbocycles. The molecule has 1 atom stereocenters. The predicted octanol–water partition coefficient (Wildman–Crippen LogP) is 1.76. The average molecular weight is 448 g/mol. The van der Waals surface area contributed by atoms with Crippen molar-refractivity contribution >= 4 is 21.8 Å². The number of hydrogen-bond donors (Lipinski definition) is 2. The highest BCUT2D eigenvalue weighted by atomic mass is 32.2. The van der Waals surface area contributed by atoms with Gasteiger partial charge in [-0.25, -0.2) is 12.8 Å². The van der Waals surface area contributed by atoms with Gasteiger partial charge in [0.05, 0.1) is 11.3 Å². The third kappa shape index (κ3) is 5.89. The Morgan fingerprint density at radius 2 is 1.81 bits per heavy atom. The van der Waals surface area contributed by atoms with E-state index in [-0.39, 0.29) is 36.2 Å². The molecule has 0 aromatic heterocycles. The Kier molecular flexibility index (Phi) is 7.40. The summed E-state index contributed by atoms with van der Waals surface area (Å²) in [5, 5.41) is 5.36. The fourth-order valence-electron chi connectivity index (χ4n) is 3.54. The largest absolute Gasteiger partial charge is 0.354 e. The molecule has 0 radical (unpaired) electrons. The second-order valence-electron chi connectivity index (χ2n) is 7.53. The standard InChI is InChI=1S/C22H26FN3O4S/c1-16-7-9-19(10-8-16)31(29,30)26-13-3-6-20(26)22(28)25-12-11-24-21(27)15-17-4-2-5-18(23)14-17/h2,4-5,7-10,14,20H,3,6,11-13,15H2,1H3,(H,24,27)(H,25,28)/t20-/m0/s1. The van der Waals surface area contributed by atoms with Crippen LogP contribution in [0.15, 0.2) is 53.4 Å². The number of nitrogens with zero attached hydrogens (tertiary/aromatic N) is 1. The molecule has 0 spiro atoms. The number of carbonyl (C=O) groups is 2. The maximum absolute atomic E-state index is 13.2. The molecule has 3 rings (SSSR count). The number of halogens is 1. The van der Waals surface area contributed by atoms with Gasteiger partial charge in [-0.1, -0.05) is 29.8 Å². The van der Waals surface area contributed by atoms with Gasteiger partial charge < -0.3 is 10.6 Å². The van der Waals surface area contributed by atoms with E-state index in [0.29, 0.717) is 24.9 Å². The first-order chi connectivity index (χ1) is 14.8. The van der Waals surface area contributed by atoms with Crippen molar-refractivity contribution in [3.05, 3.63) is 65.5 Å². The van der Waals surface area contributed by atoms with Crippen LogP contribution in [0.4, 0.5) is 4.39 Å². The molecule has 0 unspecified atom stereocenters. The predicted molar refractivity (Wildman–Crippen MR) is 114 cm³/mol. The van der Waals surface area contributed by atoms with Crippen LogP contribution in [0.1, 0.15) is 24.0 Å². The quantitative estimate of drug-likeness (QED) is 0.603. The van der Waals surface area contributed by atoms with Gasteiger partial charge in [0, 0.05) is 19.6 Å². The van der Waals surface area contributed by atoms with Crippen molar-refractivity contribution in [3.63, 3.8) is 0 Å². The second kappa shape index (κ2) is 10.0. The first kappa shape index (κ1) is 22.9. The zero-order valence-electron chi connectivity index (χ0n) is 17.3. The van der Waals surface area contributed by atoms with Crippen LogP contribution in [0.2, 0.25) is 0 Å². The smallest absolute Gasteiger partial charge is 0.243 e. The van der Waals surface area contributed by atoms with Gasteiger partial charge in [-0.05, 0) is 49.6 Å². The fourth-order valence-corrected chi connectivity index (χ4v) is 5.19. The lowest BCUT2D eigenvalue weighted by Gasteiger charge is -2.23. The summed E-state index contributed by atoms with van der Waals surface area (Å²) < 4.78 is 40.3. The van der Waals surface area contributed by atoms with Crippen molar-refractivity contribution in [3.8, 4) is 0 Å². The van der Waals surface area contributed by atoms with Crippen LogP contribution in [0.5, 0.6) is 0 Å². The first-order valence-corrected chi connectivity index (χ1v) is 11.6. The van der Waals surface area contributed by atoms with Gasteiger partial charge in [0.25, 0.3) is 0 Å². The molecule has 1 fully saturated rings. The minimum atomic E-state index is -3.76. The van der Waals surface area contributed by atoms with E-state index in [9.17, 15) is 22.4 Å². The van der Waals surface area contributed by atoms with Crippen molar-refractivity contribution in [2.24, 2.45) is 0 Å². The van der Waals surface area contributed by atoms with Crippen LogP contribution in [0.25, 0.3) is 0 Å².